The number of carbonyl (C=O) groups excluding carboxylic acids is 2. The molecule has 0 saturated carbocycles. The molecule has 0 aromatic heterocycles. The van der Waals surface area contributed by atoms with Gasteiger partial charge in [0.25, 0.3) is 0 Å². The number of hydrogen-bond acceptors (Lipinski definition) is 3. The summed E-state index contributed by atoms with van der Waals surface area (Å²) in [5.74, 6) is 0.320. The number of urea groups is 1. The van der Waals surface area contributed by atoms with Gasteiger partial charge in [0.05, 0.1) is 0 Å². The van der Waals surface area contributed by atoms with Gasteiger partial charge in [0.15, 0.2) is 0 Å². The summed E-state index contributed by atoms with van der Waals surface area (Å²) in [6, 6.07) is 7.39. The monoisotopic (exact) mass is 321 g/mol. The van der Waals surface area contributed by atoms with E-state index in [0.29, 0.717) is 19.0 Å². The molecule has 6 heteroatoms. The van der Waals surface area contributed by atoms with Crippen LogP contribution in [-0.4, -0.2) is 30.8 Å². The summed E-state index contributed by atoms with van der Waals surface area (Å²) in [6.45, 7) is 10.1. The molecule has 0 aliphatic heterocycles. The molecule has 0 aliphatic carbocycles. The molecule has 0 spiro atoms. The second kappa shape index (κ2) is 8.41. The van der Waals surface area contributed by atoms with Gasteiger partial charge in [0.1, 0.15) is 5.60 Å². The van der Waals surface area contributed by atoms with Gasteiger partial charge < -0.3 is 20.7 Å². The van der Waals surface area contributed by atoms with E-state index in [9.17, 15) is 9.59 Å². The molecule has 0 fully saturated rings. The highest BCUT2D eigenvalue weighted by Gasteiger charge is 2.15. The van der Waals surface area contributed by atoms with E-state index in [1.54, 1.807) is 20.8 Å². The minimum absolute atomic E-state index is 0.300. The Balaban J connectivity index is 2.34. The molecular formula is C17H27N3O3. The second-order valence-corrected chi connectivity index (χ2v) is 6.55. The largest absolute Gasteiger partial charge is 0.444 e. The summed E-state index contributed by atoms with van der Waals surface area (Å²) in [7, 11) is 0. The lowest BCUT2D eigenvalue weighted by Gasteiger charge is -2.19. The Morgan fingerprint density at radius 3 is 2.30 bits per heavy atom. The molecule has 6 nitrogen and oxygen atoms in total. The minimum atomic E-state index is -0.532. The first-order chi connectivity index (χ1) is 10.7. The molecule has 23 heavy (non-hydrogen) atoms. The van der Waals surface area contributed by atoms with Gasteiger partial charge in [0, 0.05) is 18.8 Å². The SMILES string of the molecule is CC(C)c1ccccc1NC(=O)NCCNC(=O)OC(C)(C)C. The van der Waals surface area contributed by atoms with Gasteiger partial charge in [-0.05, 0) is 38.3 Å². The number of alkyl carbamates (subject to hydrolysis) is 1. The number of benzene rings is 1. The molecule has 0 saturated heterocycles. The third-order valence-corrected chi connectivity index (χ3v) is 2.91. The molecule has 3 N–H and O–H groups in total. The van der Waals surface area contributed by atoms with Crippen LogP contribution in [0, 0.1) is 0 Å². The molecule has 0 unspecified atom stereocenters. The van der Waals surface area contributed by atoms with Crippen molar-refractivity contribution >= 4 is 17.8 Å². The average molecular weight is 321 g/mol. The summed E-state index contributed by atoms with van der Waals surface area (Å²) in [6.07, 6.45) is -0.495. The maximum Gasteiger partial charge on any atom is 0.407 e. The third kappa shape index (κ3) is 7.54. The van der Waals surface area contributed by atoms with E-state index in [-0.39, 0.29) is 6.03 Å². The number of carbonyl (C=O) groups is 2. The van der Waals surface area contributed by atoms with Crippen LogP contribution in [0.15, 0.2) is 24.3 Å². The number of nitrogens with one attached hydrogen (secondary N) is 3. The number of hydrogen-bond donors (Lipinski definition) is 3. The molecule has 1 aromatic carbocycles. The van der Waals surface area contributed by atoms with Gasteiger partial charge in [-0.3, -0.25) is 0 Å². The molecule has 1 aromatic rings. The molecule has 128 valence electrons. The Hall–Kier alpha value is -2.24. The van der Waals surface area contributed by atoms with Crippen LogP contribution in [-0.2, 0) is 4.74 Å². The maximum atomic E-state index is 11.9. The van der Waals surface area contributed by atoms with Crippen molar-refractivity contribution in [3.05, 3.63) is 29.8 Å². The minimum Gasteiger partial charge on any atom is -0.444 e. The van der Waals surface area contributed by atoms with Crippen LogP contribution in [0.4, 0.5) is 15.3 Å². The highest BCUT2D eigenvalue weighted by Crippen LogP contribution is 2.23. The predicted molar refractivity (Wildman–Crippen MR) is 91.8 cm³/mol. The normalized spacial score (nSPS) is 11.0. The Kier molecular flexibility index (Phi) is 6.88. The number of anilines is 1. The zero-order valence-electron chi connectivity index (χ0n) is 14.5. The molecule has 1 rings (SSSR count). The lowest BCUT2D eigenvalue weighted by molar-refractivity contribution is 0.0528. The first-order valence-electron chi connectivity index (χ1n) is 7.79. The van der Waals surface area contributed by atoms with E-state index in [2.05, 4.69) is 29.8 Å². The number of rotatable bonds is 5. The van der Waals surface area contributed by atoms with E-state index in [1.165, 1.54) is 0 Å². The van der Waals surface area contributed by atoms with Crippen molar-refractivity contribution in [2.75, 3.05) is 18.4 Å². The molecule has 0 aliphatic rings. The number of amides is 3. The van der Waals surface area contributed by atoms with E-state index < -0.39 is 11.7 Å². The van der Waals surface area contributed by atoms with Crippen molar-refractivity contribution in [1.29, 1.82) is 0 Å². The van der Waals surface area contributed by atoms with Gasteiger partial charge in [-0.1, -0.05) is 32.0 Å². The number of para-hydroxylation sites is 1. The lowest BCUT2D eigenvalue weighted by Crippen LogP contribution is -2.39. The van der Waals surface area contributed by atoms with Crippen LogP contribution in [0.3, 0.4) is 0 Å². The molecular weight excluding hydrogens is 294 g/mol. The molecule has 0 bridgehead atoms. The van der Waals surface area contributed by atoms with Gasteiger partial charge in [-0.15, -0.1) is 0 Å². The quantitative estimate of drug-likeness (QED) is 0.727. The fraction of sp³-hybridized carbons (Fsp3) is 0.529. The average Bonchev–Trinajstić information content (AvgIpc) is 2.42. The van der Waals surface area contributed by atoms with Crippen LogP contribution in [0.1, 0.15) is 46.1 Å². The topological polar surface area (TPSA) is 79.5 Å². The standard InChI is InChI=1S/C17H27N3O3/c1-12(2)13-8-6-7-9-14(13)20-15(21)18-10-11-19-16(22)23-17(3,4)5/h6-9,12H,10-11H2,1-5H3,(H,19,22)(H2,18,20,21). The van der Waals surface area contributed by atoms with Crippen molar-refractivity contribution in [3.8, 4) is 0 Å². The van der Waals surface area contributed by atoms with Crippen molar-refractivity contribution in [3.63, 3.8) is 0 Å². The Morgan fingerprint density at radius 2 is 1.70 bits per heavy atom. The highest BCUT2D eigenvalue weighted by atomic mass is 16.6. The lowest BCUT2D eigenvalue weighted by atomic mass is 10.0. The smallest absolute Gasteiger partial charge is 0.407 e. The van der Waals surface area contributed by atoms with Crippen LogP contribution in [0.25, 0.3) is 0 Å². The zero-order valence-corrected chi connectivity index (χ0v) is 14.5. The zero-order chi connectivity index (χ0) is 17.5. The second-order valence-electron chi connectivity index (χ2n) is 6.55. The fourth-order valence-electron chi connectivity index (χ4n) is 1.94. The summed E-state index contributed by atoms with van der Waals surface area (Å²) < 4.78 is 5.10. The van der Waals surface area contributed by atoms with Gasteiger partial charge >= 0.3 is 12.1 Å². The summed E-state index contributed by atoms with van der Waals surface area (Å²) in [5.41, 5.74) is 1.34. The van der Waals surface area contributed by atoms with E-state index in [4.69, 9.17) is 4.74 Å². The van der Waals surface area contributed by atoms with Crippen LogP contribution < -0.4 is 16.0 Å². The summed E-state index contributed by atoms with van der Waals surface area (Å²) >= 11 is 0. The van der Waals surface area contributed by atoms with E-state index >= 15 is 0 Å². The van der Waals surface area contributed by atoms with Crippen molar-refractivity contribution in [1.82, 2.24) is 10.6 Å². The fourth-order valence-corrected chi connectivity index (χ4v) is 1.94. The Bertz CT molecular complexity index is 536. The maximum absolute atomic E-state index is 11.9. The van der Waals surface area contributed by atoms with E-state index in [1.807, 2.05) is 24.3 Å². The van der Waals surface area contributed by atoms with Gasteiger partial charge in [-0.25, -0.2) is 9.59 Å². The molecule has 3 amide bonds. The summed E-state index contributed by atoms with van der Waals surface area (Å²) in [5, 5.41) is 8.10. The molecule has 0 heterocycles. The van der Waals surface area contributed by atoms with E-state index in [0.717, 1.165) is 11.3 Å². The molecule has 0 radical (unpaired) electrons. The van der Waals surface area contributed by atoms with Crippen molar-refractivity contribution in [2.45, 2.75) is 46.1 Å². The first-order valence-corrected chi connectivity index (χ1v) is 7.79. The van der Waals surface area contributed by atoms with Crippen LogP contribution in [0.5, 0.6) is 0 Å². The Labute approximate surface area is 138 Å². The van der Waals surface area contributed by atoms with Crippen molar-refractivity contribution in [2.24, 2.45) is 0 Å². The third-order valence-electron chi connectivity index (χ3n) is 2.91. The van der Waals surface area contributed by atoms with Gasteiger partial charge in [0.2, 0.25) is 0 Å². The summed E-state index contributed by atoms with van der Waals surface area (Å²) in [4.78, 5) is 23.3. The van der Waals surface area contributed by atoms with Crippen molar-refractivity contribution < 1.29 is 14.3 Å². The Morgan fingerprint density at radius 1 is 1.09 bits per heavy atom. The number of ether oxygens (including phenoxy) is 1. The molecule has 0 atom stereocenters. The van der Waals surface area contributed by atoms with Crippen LogP contribution in [0.2, 0.25) is 0 Å². The first kappa shape index (κ1) is 18.8. The van der Waals surface area contributed by atoms with Gasteiger partial charge in [-0.2, -0.15) is 0 Å². The predicted octanol–water partition coefficient (Wildman–Crippen LogP) is 3.46. The van der Waals surface area contributed by atoms with Crippen LogP contribution >= 0.6 is 0 Å². The highest BCUT2D eigenvalue weighted by molar-refractivity contribution is 5.90.